The molecule has 238 valence electrons. The number of aromatic nitrogens is 4. The van der Waals surface area contributed by atoms with Gasteiger partial charge in [0, 0.05) is 23.0 Å². The molecule has 0 unspecified atom stereocenters. The fraction of sp³-hybridized carbons (Fsp3) is 0.167. The number of methoxy groups -OCH3 is 1. The van der Waals surface area contributed by atoms with Crippen LogP contribution in [-0.4, -0.2) is 36.8 Å². The van der Waals surface area contributed by atoms with Gasteiger partial charge in [-0.3, -0.25) is 9.52 Å². The summed E-state index contributed by atoms with van der Waals surface area (Å²) in [7, 11) is -2.59. The number of hydrogen-bond acceptors (Lipinski definition) is 8. The van der Waals surface area contributed by atoms with E-state index in [-0.39, 0.29) is 29.8 Å². The molecule has 12 nitrogen and oxygen atoms in total. The van der Waals surface area contributed by atoms with Crippen molar-refractivity contribution < 1.29 is 40.3 Å². The Labute approximate surface area is 261 Å². The number of alkyl halides is 3. The molecule has 0 aliphatic carbocycles. The third-order valence-corrected chi connectivity index (χ3v) is 7.70. The van der Waals surface area contributed by atoms with Gasteiger partial charge in [-0.25, -0.2) is 13.4 Å². The summed E-state index contributed by atoms with van der Waals surface area (Å²) in [4.78, 5) is 21.0. The second kappa shape index (κ2) is 13.2. The van der Waals surface area contributed by atoms with Gasteiger partial charge in [0.1, 0.15) is 0 Å². The number of hydrogen-bond donors (Lipinski definition) is 2. The number of carbonyl (C=O) groups is 1. The van der Waals surface area contributed by atoms with Crippen LogP contribution in [0, 0.1) is 6.92 Å². The van der Waals surface area contributed by atoms with Crippen molar-refractivity contribution in [2.45, 2.75) is 25.4 Å². The predicted molar refractivity (Wildman–Crippen MR) is 161 cm³/mol. The molecule has 2 heterocycles. The second-order valence-corrected chi connectivity index (χ2v) is 11.7. The Hall–Kier alpha value is -5.51. The van der Waals surface area contributed by atoms with Crippen molar-refractivity contribution in [3.63, 3.8) is 0 Å². The highest BCUT2D eigenvalue weighted by molar-refractivity contribution is 7.91. The average molecular weight is 654 g/mol. The first kappa shape index (κ1) is 31.9. The van der Waals surface area contributed by atoms with Crippen LogP contribution in [0.2, 0.25) is 0 Å². The molecule has 5 aromatic rings. The van der Waals surface area contributed by atoms with Crippen LogP contribution in [0.5, 0.6) is 6.01 Å². The van der Waals surface area contributed by atoms with Gasteiger partial charge in [-0.2, -0.15) is 18.2 Å². The Kier molecular flexibility index (Phi) is 9.18. The number of rotatable bonds is 10. The van der Waals surface area contributed by atoms with E-state index < -0.39 is 33.5 Å². The van der Waals surface area contributed by atoms with E-state index in [0.29, 0.717) is 17.7 Å². The molecule has 0 bridgehead atoms. The smallest absolute Gasteiger partial charge is 0.416 e. The van der Waals surface area contributed by atoms with Crippen LogP contribution in [0.15, 0.2) is 89.7 Å². The summed E-state index contributed by atoms with van der Waals surface area (Å²) in [5.41, 5.74) is 1.85. The number of nitrogens with zero attached hydrogens (tertiary/aromatic N) is 5. The SMILES string of the molecule is COc1ncc(-c2ccc(C[n+]3cc([N-]C(=O)Nc4cc(NS(=O)(=O)Cc5ccccc5)cc(C(F)(F)F)c4)on3)cc2)c(C)n1. The van der Waals surface area contributed by atoms with Crippen LogP contribution in [0.25, 0.3) is 16.4 Å². The number of anilines is 2. The molecule has 3 aromatic carbocycles. The van der Waals surface area contributed by atoms with Gasteiger partial charge in [0.25, 0.3) is 0 Å². The Morgan fingerprint density at radius 2 is 1.74 bits per heavy atom. The van der Waals surface area contributed by atoms with E-state index in [1.54, 1.807) is 36.5 Å². The van der Waals surface area contributed by atoms with Crippen molar-refractivity contribution in [1.82, 2.24) is 15.2 Å². The minimum atomic E-state index is -4.83. The summed E-state index contributed by atoms with van der Waals surface area (Å²) in [6.45, 7) is 2.11. The highest BCUT2D eigenvalue weighted by Crippen LogP contribution is 2.34. The first-order valence-corrected chi connectivity index (χ1v) is 15.1. The summed E-state index contributed by atoms with van der Waals surface area (Å²) in [5.74, 6) is -0.676. The van der Waals surface area contributed by atoms with Gasteiger partial charge in [-0.05, 0) is 46.6 Å². The normalized spacial score (nSPS) is 11.6. The first-order chi connectivity index (χ1) is 21.9. The Morgan fingerprint density at radius 3 is 2.41 bits per heavy atom. The molecule has 2 amide bonds. The monoisotopic (exact) mass is 653 g/mol. The number of carbonyl (C=O) groups excluding carboxylic acids is 1. The standard InChI is InChI=1S/C30H26F3N7O5S/c1-19-26(15-34-29(35-19)44-2)22-10-8-20(9-11-22)16-40-17-27(45-39-40)37-28(41)36-24-12-23(30(31,32)33)13-25(14-24)38-46(42,43)18-21-6-4-3-5-7-21/h3-15,17,38H,16,18H2,1-2H3,(H-,36,37,39,41). The molecule has 2 N–H and O–H groups in total. The molecule has 0 aliphatic heterocycles. The van der Waals surface area contributed by atoms with Gasteiger partial charge >= 0.3 is 12.2 Å². The summed E-state index contributed by atoms with van der Waals surface area (Å²) >= 11 is 0. The number of benzene rings is 3. The second-order valence-electron chi connectivity index (χ2n) is 9.98. The highest BCUT2D eigenvalue weighted by atomic mass is 32.2. The molecule has 0 saturated carbocycles. The zero-order valence-electron chi connectivity index (χ0n) is 24.3. The summed E-state index contributed by atoms with van der Waals surface area (Å²) in [6.07, 6.45) is -1.82. The van der Waals surface area contributed by atoms with Crippen LogP contribution in [-0.2, 0) is 28.5 Å². The molecule has 0 atom stereocenters. The summed E-state index contributed by atoms with van der Waals surface area (Å²) in [6, 6.07) is 17.2. The average Bonchev–Trinajstić information content (AvgIpc) is 3.43. The van der Waals surface area contributed by atoms with Crippen molar-refractivity contribution in [3.8, 4) is 17.1 Å². The molecule has 16 heteroatoms. The maximum atomic E-state index is 13.6. The van der Waals surface area contributed by atoms with Gasteiger partial charge in [0.15, 0.2) is 11.3 Å². The van der Waals surface area contributed by atoms with Crippen molar-refractivity contribution in [3.05, 3.63) is 113 Å². The summed E-state index contributed by atoms with van der Waals surface area (Å²) in [5, 5.41) is 9.75. The first-order valence-electron chi connectivity index (χ1n) is 13.5. The number of ether oxygens (including phenoxy) is 1. The minimum Gasteiger partial charge on any atom is -0.467 e. The van der Waals surface area contributed by atoms with Gasteiger partial charge < -0.3 is 19.9 Å². The van der Waals surface area contributed by atoms with Crippen molar-refractivity contribution in [2.75, 3.05) is 17.1 Å². The number of amides is 2. The van der Waals surface area contributed by atoms with E-state index in [0.717, 1.165) is 28.5 Å². The molecule has 0 radical (unpaired) electrons. The predicted octanol–water partition coefficient (Wildman–Crippen LogP) is 5.98. The van der Waals surface area contributed by atoms with E-state index in [4.69, 9.17) is 9.26 Å². The summed E-state index contributed by atoms with van der Waals surface area (Å²) < 4.78 is 79.7. The topological polar surface area (TPSA) is 154 Å². The molecular weight excluding hydrogens is 627 g/mol. The third-order valence-electron chi connectivity index (χ3n) is 6.44. The lowest BCUT2D eigenvalue weighted by atomic mass is 10.0. The number of nitrogens with one attached hydrogen (secondary N) is 2. The largest absolute Gasteiger partial charge is 0.467 e. The van der Waals surface area contributed by atoms with Crippen molar-refractivity contribution in [2.24, 2.45) is 0 Å². The lowest BCUT2D eigenvalue weighted by Crippen LogP contribution is -2.35. The van der Waals surface area contributed by atoms with Crippen LogP contribution in [0.1, 0.15) is 22.4 Å². The molecular formula is C30H26F3N7O5S. The van der Waals surface area contributed by atoms with Gasteiger partial charge in [0.05, 0.1) is 24.1 Å². The lowest BCUT2D eigenvalue weighted by Gasteiger charge is -2.18. The Bertz CT molecular complexity index is 1950. The van der Waals surface area contributed by atoms with Gasteiger partial charge in [-0.1, -0.05) is 54.6 Å². The fourth-order valence-electron chi connectivity index (χ4n) is 4.38. The zero-order valence-corrected chi connectivity index (χ0v) is 25.1. The Balaban J connectivity index is 1.23. The molecule has 0 spiro atoms. The van der Waals surface area contributed by atoms with E-state index in [1.165, 1.54) is 18.0 Å². The van der Waals surface area contributed by atoms with Crippen LogP contribution in [0.4, 0.5) is 35.2 Å². The lowest BCUT2D eigenvalue weighted by molar-refractivity contribution is -0.754. The van der Waals surface area contributed by atoms with E-state index in [1.807, 2.05) is 31.2 Å². The van der Waals surface area contributed by atoms with Gasteiger partial charge in [-0.15, -0.1) is 0 Å². The fourth-order valence-corrected chi connectivity index (χ4v) is 5.56. The number of sulfonamides is 1. The maximum absolute atomic E-state index is 13.6. The molecule has 0 saturated heterocycles. The highest BCUT2D eigenvalue weighted by Gasteiger charge is 2.31. The number of halogens is 3. The van der Waals surface area contributed by atoms with E-state index in [9.17, 15) is 26.4 Å². The molecule has 0 fully saturated rings. The van der Waals surface area contributed by atoms with Gasteiger partial charge in [0.2, 0.25) is 28.6 Å². The molecule has 0 aliphatic rings. The molecule has 46 heavy (non-hydrogen) atoms. The van der Waals surface area contributed by atoms with Crippen LogP contribution in [0.3, 0.4) is 0 Å². The number of urea groups is 1. The molecule has 2 aromatic heterocycles. The zero-order chi connectivity index (χ0) is 32.9. The quantitative estimate of drug-likeness (QED) is 0.175. The van der Waals surface area contributed by atoms with Crippen molar-refractivity contribution >= 4 is 33.3 Å². The van der Waals surface area contributed by atoms with E-state index >= 15 is 0 Å². The van der Waals surface area contributed by atoms with Crippen LogP contribution >= 0.6 is 0 Å². The molecule has 5 rings (SSSR count). The maximum Gasteiger partial charge on any atom is 0.416 e. The number of aryl methyl sites for hydroxylation is 1. The third kappa shape index (κ3) is 8.35. The van der Waals surface area contributed by atoms with Crippen molar-refractivity contribution in [1.29, 1.82) is 0 Å². The minimum absolute atomic E-state index is 0.212. The Morgan fingerprint density at radius 1 is 1.02 bits per heavy atom. The van der Waals surface area contributed by atoms with E-state index in [2.05, 4.69) is 30.6 Å². The van der Waals surface area contributed by atoms with Crippen LogP contribution < -0.4 is 19.5 Å².